The van der Waals surface area contributed by atoms with E-state index >= 15 is 0 Å². The predicted octanol–water partition coefficient (Wildman–Crippen LogP) is 1.71. The van der Waals surface area contributed by atoms with Gasteiger partial charge in [-0.2, -0.15) is 0 Å². The van der Waals surface area contributed by atoms with E-state index in [9.17, 15) is 14.4 Å². The molecule has 0 aliphatic heterocycles. The lowest BCUT2D eigenvalue weighted by Crippen LogP contribution is -2.35. The number of anilines is 1. The number of pyridine rings is 1. The first-order valence-corrected chi connectivity index (χ1v) is 8.73. The van der Waals surface area contributed by atoms with Crippen LogP contribution in [0.4, 0.5) is 5.69 Å². The molecule has 0 radical (unpaired) electrons. The van der Waals surface area contributed by atoms with Crippen LogP contribution in [0.1, 0.15) is 30.8 Å². The molecule has 2 rings (SSSR count). The predicted molar refractivity (Wildman–Crippen MR) is 103 cm³/mol. The molecule has 0 saturated carbocycles. The molecule has 0 unspecified atom stereocenters. The van der Waals surface area contributed by atoms with Crippen molar-refractivity contribution in [3.8, 4) is 0 Å². The van der Waals surface area contributed by atoms with Crippen LogP contribution >= 0.6 is 0 Å². The van der Waals surface area contributed by atoms with E-state index in [0.717, 1.165) is 11.3 Å². The molecule has 0 aliphatic rings. The maximum Gasteiger partial charge on any atom is 0.313 e. The average molecular weight is 368 g/mol. The highest BCUT2D eigenvalue weighted by atomic mass is 16.2. The van der Waals surface area contributed by atoms with Gasteiger partial charge in [-0.1, -0.05) is 18.2 Å². The van der Waals surface area contributed by atoms with Gasteiger partial charge in [0.05, 0.1) is 18.7 Å². The van der Waals surface area contributed by atoms with Crippen LogP contribution in [0.15, 0.2) is 42.5 Å². The minimum Gasteiger partial charge on any atom is -0.354 e. The first kappa shape index (κ1) is 20.1. The molecule has 0 aliphatic carbocycles. The lowest BCUT2D eigenvalue weighted by Gasteiger charge is -2.09. The van der Waals surface area contributed by atoms with Crippen molar-refractivity contribution in [2.24, 2.45) is 0 Å². The SMILES string of the molecule is Cc1cccc(CNC(=O)C(=O)Nc2ccc(CC(=O)NC(C)C)cc2)n1. The molecule has 7 heteroatoms. The van der Waals surface area contributed by atoms with E-state index in [1.165, 1.54) is 0 Å². The Balaban J connectivity index is 1.84. The van der Waals surface area contributed by atoms with Crippen LogP contribution in [0.25, 0.3) is 0 Å². The van der Waals surface area contributed by atoms with Crippen LogP contribution in [-0.2, 0) is 27.3 Å². The second kappa shape index (κ2) is 9.47. The summed E-state index contributed by atoms with van der Waals surface area (Å²) < 4.78 is 0. The number of carbonyl (C=O) groups is 3. The Bertz CT molecular complexity index is 816. The summed E-state index contributed by atoms with van der Waals surface area (Å²) in [6.45, 7) is 5.83. The van der Waals surface area contributed by atoms with Gasteiger partial charge in [0.2, 0.25) is 5.91 Å². The zero-order chi connectivity index (χ0) is 19.8. The van der Waals surface area contributed by atoms with Gasteiger partial charge in [-0.15, -0.1) is 0 Å². The number of amides is 3. The summed E-state index contributed by atoms with van der Waals surface area (Å²) in [7, 11) is 0. The maximum absolute atomic E-state index is 12.0. The Morgan fingerprint density at radius 2 is 1.70 bits per heavy atom. The molecule has 7 nitrogen and oxygen atoms in total. The standard InChI is InChI=1S/C20H24N4O3/c1-13(2)22-18(25)11-15-7-9-16(10-8-15)24-20(27)19(26)21-12-17-6-4-5-14(3)23-17/h4-10,13H,11-12H2,1-3H3,(H,21,26)(H,22,25)(H,24,27). The summed E-state index contributed by atoms with van der Waals surface area (Å²) in [6, 6.07) is 12.4. The van der Waals surface area contributed by atoms with E-state index in [0.29, 0.717) is 11.4 Å². The summed E-state index contributed by atoms with van der Waals surface area (Å²) in [5.41, 5.74) is 2.83. The maximum atomic E-state index is 12.0. The quantitative estimate of drug-likeness (QED) is 0.676. The van der Waals surface area contributed by atoms with E-state index in [1.807, 2.05) is 32.9 Å². The van der Waals surface area contributed by atoms with E-state index < -0.39 is 11.8 Å². The molecule has 2 aromatic rings. The summed E-state index contributed by atoms with van der Waals surface area (Å²) in [5, 5.41) is 7.88. The molecule has 142 valence electrons. The van der Waals surface area contributed by atoms with E-state index in [2.05, 4.69) is 20.9 Å². The van der Waals surface area contributed by atoms with Crippen LogP contribution in [0, 0.1) is 6.92 Å². The van der Waals surface area contributed by atoms with Crippen LogP contribution in [0.2, 0.25) is 0 Å². The number of aromatic nitrogens is 1. The first-order chi connectivity index (χ1) is 12.8. The molecular weight excluding hydrogens is 344 g/mol. The molecule has 1 heterocycles. The molecule has 0 fully saturated rings. The van der Waals surface area contributed by atoms with E-state index in [1.54, 1.807) is 30.3 Å². The monoisotopic (exact) mass is 368 g/mol. The topological polar surface area (TPSA) is 100 Å². The van der Waals surface area contributed by atoms with Gasteiger partial charge in [-0.05, 0) is 50.6 Å². The Labute approximate surface area is 158 Å². The number of hydrogen-bond donors (Lipinski definition) is 3. The van der Waals surface area contributed by atoms with Crippen molar-refractivity contribution in [2.75, 3.05) is 5.32 Å². The third-order valence-corrected chi connectivity index (χ3v) is 3.61. The van der Waals surface area contributed by atoms with Crippen molar-refractivity contribution >= 4 is 23.4 Å². The summed E-state index contributed by atoms with van der Waals surface area (Å²) in [4.78, 5) is 39.9. The van der Waals surface area contributed by atoms with Crippen LogP contribution < -0.4 is 16.0 Å². The molecule has 0 spiro atoms. The minimum atomic E-state index is -0.757. The normalized spacial score (nSPS) is 10.4. The van der Waals surface area contributed by atoms with E-state index in [4.69, 9.17) is 0 Å². The average Bonchev–Trinajstić information content (AvgIpc) is 2.60. The highest BCUT2D eigenvalue weighted by molar-refractivity contribution is 6.39. The van der Waals surface area contributed by atoms with Crippen molar-refractivity contribution in [3.05, 3.63) is 59.4 Å². The Kier molecular flexibility index (Phi) is 7.05. The third kappa shape index (κ3) is 6.89. The van der Waals surface area contributed by atoms with Crippen molar-refractivity contribution < 1.29 is 14.4 Å². The fourth-order valence-electron chi connectivity index (χ4n) is 2.40. The number of hydrogen-bond acceptors (Lipinski definition) is 4. The largest absolute Gasteiger partial charge is 0.354 e. The molecule has 0 atom stereocenters. The fourth-order valence-corrected chi connectivity index (χ4v) is 2.40. The summed E-state index contributed by atoms with van der Waals surface area (Å²) in [6.07, 6.45) is 0.260. The number of nitrogens with one attached hydrogen (secondary N) is 3. The Hall–Kier alpha value is -3.22. The highest BCUT2D eigenvalue weighted by Gasteiger charge is 2.14. The summed E-state index contributed by atoms with van der Waals surface area (Å²) in [5.74, 6) is -1.56. The van der Waals surface area contributed by atoms with Gasteiger partial charge in [-0.25, -0.2) is 0 Å². The van der Waals surface area contributed by atoms with Gasteiger partial charge < -0.3 is 16.0 Å². The van der Waals surface area contributed by atoms with Crippen LogP contribution in [0.3, 0.4) is 0 Å². The molecule has 0 saturated heterocycles. The first-order valence-electron chi connectivity index (χ1n) is 8.73. The molecule has 0 bridgehead atoms. The zero-order valence-electron chi connectivity index (χ0n) is 15.7. The molecule has 3 amide bonds. The number of aryl methyl sites for hydroxylation is 1. The Morgan fingerprint density at radius 1 is 1.00 bits per heavy atom. The molecule has 27 heavy (non-hydrogen) atoms. The lowest BCUT2D eigenvalue weighted by atomic mass is 10.1. The smallest absolute Gasteiger partial charge is 0.313 e. The Morgan fingerprint density at radius 3 is 2.33 bits per heavy atom. The van der Waals surface area contributed by atoms with Gasteiger partial charge in [0.25, 0.3) is 0 Å². The fraction of sp³-hybridized carbons (Fsp3) is 0.300. The van der Waals surface area contributed by atoms with Crippen molar-refractivity contribution in [2.45, 2.75) is 39.8 Å². The van der Waals surface area contributed by atoms with Crippen molar-refractivity contribution in [1.29, 1.82) is 0 Å². The lowest BCUT2D eigenvalue weighted by molar-refractivity contribution is -0.136. The van der Waals surface area contributed by atoms with Crippen LogP contribution in [0.5, 0.6) is 0 Å². The van der Waals surface area contributed by atoms with E-state index in [-0.39, 0.29) is 24.9 Å². The third-order valence-electron chi connectivity index (χ3n) is 3.61. The van der Waals surface area contributed by atoms with Crippen molar-refractivity contribution in [1.82, 2.24) is 15.6 Å². The number of rotatable bonds is 6. The molecule has 1 aromatic heterocycles. The number of carbonyl (C=O) groups excluding carboxylic acids is 3. The zero-order valence-corrected chi connectivity index (χ0v) is 15.7. The molecule has 1 aromatic carbocycles. The van der Waals surface area contributed by atoms with Gasteiger partial charge >= 0.3 is 11.8 Å². The van der Waals surface area contributed by atoms with Gasteiger partial charge in [0.15, 0.2) is 0 Å². The molecular formula is C20H24N4O3. The van der Waals surface area contributed by atoms with Crippen molar-refractivity contribution in [3.63, 3.8) is 0 Å². The summed E-state index contributed by atoms with van der Waals surface area (Å²) >= 11 is 0. The molecule has 3 N–H and O–H groups in total. The highest BCUT2D eigenvalue weighted by Crippen LogP contribution is 2.10. The van der Waals surface area contributed by atoms with Crippen LogP contribution in [-0.4, -0.2) is 28.7 Å². The van der Waals surface area contributed by atoms with Gasteiger partial charge in [0.1, 0.15) is 0 Å². The second-order valence-corrected chi connectivity index (χ2v) is 6.50. The number of nitrogens with zero attached hydrogens (tertiary/aromatic N) is 1. The van der Waals surface area contributed by atoms with Gasteiger partial charge in [0, 0.05) is 17.4 Å². The minimum absolute atomic E-state index is 0.0640. The number of benzene rings is 1. The van der Waals surface area contributed by atoms with Gasteiger partial charge in [-0.3, -0.25) is 19.4 Å². The second-order valence-electron chi connectivity index (χ2n) is 6.50.